The zero-order valence-electron chi connectivity index (χ0n) is 8.36. The second-order valence-corrected chi connectivity index (χ2v) is 2.70. The molecule has 0 saturated carbocycles. The summed E-state index contributed by atoms with van der Waals surface area (Å²) in [7, 11) is 3.02. The monoisotopic (exact) mass is 194 g/mol. The van der Waals surface area contributed by atoms with Gasteiger partial charge >= 0.3 is 0 Å². The zero-order valence-corrected chi connectivity index (χ0v) is 8.36. The summed E-state index contributed by atoms with van der Waals surface area (Å²) >= 11 is 0. The summed E-state index contributed by atoms with van der Waals surface area (Å²) in [5.74, 6) is 0.346. The van der Waals surface area contributed by atoms with E-state index >= 15 is 0 Å². The van der Waals surface area contributed by atoms with Crippen molar-refractivity contribution in [2.75, 3.05) is 20.8 Å². The molecule has 0 amide bonds. The minimum absolute atomic E-state index is 0.110. The van der Waals surface area contributed by atoms with Gasteiger partial charge in [-0.2, -0.15) is 0 Å². The molecule has 0 radical (unpaired) electrons. The van der Waals surface area contributed by atoms with Crippen LogP contribution in [-0.2, 0) is 9.47 Å². The Labute approximate surface area is 83.6 Å². The van der Waals surface area contributed by atoms with Gasteiger partial charge in [0.1, 0.15) is 0 Å². The molecular formula is C11H14O3. The van der Waals surface area contributed by atoms with Crippen molar-refractivity contribution in [1.29, 1.82) is 0 Å². The summed E-state index contributed by atoms with van der Waals surface area (Å²) < 4.78 is 10.0. The zero-order chi connectivity index (χ0) is 10.4. The summed E-state index contributed by atoms with van der Waals surface area (Å²) in [6.07, 6.45) is 0. The summed E-state index contributed by atoms with van der Waals surface area (Å²) in [4.78, 5) is 0. The molecule has 1 aromatic carbocycles. The van der Waals surface area contributed by atoms with Crippen LogP contribution in [0.15, 0.2) is 36.3 Å². The maximum absolute atomic E-state index is 9.19. The van der Waals surface area contributed by atoms with E-state index in [0.717, 1.165) is 5.56 Å². The third kappa shape index (κ3) is 2.26. The lowest BCUT2D eigenvalue weighted by molar-refractivity contribution is 0.0955. The second kappa shape index (κ2) is 5.29. The fourth-order valence-corrected chi connectivity index (χ4v) is 1.24. The van der Waals surface area contributed by atoms with E-state index in [1.165, 1.54) is 14.2 Å². The first kappa shape index (κ1) is 10.6. The molecule has 3 nitrogen and oxygen atoms in total. The van der Waals surface area contributed by atoms with E-state index < -0.39 is 0 Å². The molecule has 76 valence electrons. The van der Waals surface area contributed by atoms with E-state index in [-0.39, 0.29) is 6.61 Å². The number of hydrogen-bond donors (Lipinski definition) is 1. The molecule has 0 atom stereocenters. The van der Waals surface area contributed by atoms with Crippen LogP contribution in [0.1, 0.15) is 5.56 Å². The van der Waals surface area contributed by atoms with Gasteiger partial charge in [-0.05, 0) is 5.56 Å². The van der Waals surface area contributed by atoms with Crippen molar-refractivity contribution in [2.45, 2.75) is 0 Å². The van der Waals surface area contributed by atoms with Crippen LogP contribution in [-0.4, -0.2) is 25.9 Å². The molecular weight excluding hydrogens is 180 g/mol. The molecule has 0 spiro atoms. The molecule has 0 bridgehead atoms. The molecule has 0 aliphatic heterocycles. The van der Waals surface area contributed by atoms with Crippen molar-refractivity contribution in [1.82, 2.24) is 0 Å². The Balaban J connectivity index is 3.09. The van der Waals surface area contributed by atoms with Crippen molar-refractivity contribution in [3.8, 4) is 0 Å². The van der Waals surface area contributed by atoms with E-state index in [2.05, 4.69) is 0 Å². The van der Waals surface area contributed by atoms with E-state index in [1.807, 2.05) is 30.3 Å². The molecule has 0 fully saturated rings. The van der Waals surface area contributed by atoms with E-state index in [1.54, 1.807) is 0 Å². The third-order valence-corrected chi connectivity index (χ3v) is 1.90. The van der Waals surface area contributed by atoms with Gasteiger partial charge in [0.2, 0.25) is 0 Å². The van der Waals surface area contributed by atoms with Crippen molar-refractivity contribution in [2.24, 2.45) is 0 Å². The number of methoxy groups -OCH3 is 2. The highest BCUT2D eigenvalue weighted by Gasteiger charge is 2.08. The average molecular weight is 194 g/mol. The molecule has 0 unspecified atom stereocenters. The number of hydrogen-bond acceptors (Lipinski definition) is 3. The molecule has 0 aliphatic rings. The van der Waals surface area contributed by atoms with Gasteiger partial charge in [-0.25, -0.2) is 0 Å². The van der Waals surface area contributed by atoms with Crippen LogP contribution in [0.2, 0.25) is 0 Å². The molecule has 3 heteroatoms. The molecule has 0 aromatic heterocycles. The average Bonchev–Trinajstić information content (AvgIpc) is 2.27. The quantitative estimate of drug-likeness (QED) is 0.740. The number of aliphatic hydroxyl groups excluding tert-OH is 1. The highest BCUT2D eigenvalue weighted by atomic mass is 16.7. The predicted octanol–water partition coefficient (Wildman–Crippen LogP) is 1.64. The van der Waals surface area contributed by atoms with E-state index in [4.69, 9.17) is 9.47 Å². The summed E-state index contributed by atoms with van der Waals surface area (Å²) in [5.41, 5.74) is 1.55. The van der Waals surface area contributed by atoms with Crippen LogP contribution in [0.3, 0.4) is 0 Å². The van der Waals surface area contributed by atoms with Crippen molar-refractivity contribution < 1.29 is 14.6 Å². The first-order valence-corrected chi connectivity index (χ1v) is 4.31. The van der Waals surface area contributed by atoms with Crippen LogP contribution in [0.4, 0.5) is 0 Å². The Hall–Kier alpha value is -1.48. The van der Waals surface area contributed by atoms with Crippen molar-refractivity contribution in [3.05, 3.63) is 41.8 Å². The Morgan fingerprint density at radius 2 is 1.71 bits per heavy atom. The second-order valence-electron chi connectivity index (χ2n) is 2.70. The minimum Gasteiger partial charge on any atom is -0.468 e. The minimum atomic E-state index is -0.110. The van der Waals surface area contributed by atoms with Crippen LogP contribution >= 0.6 is 0 Å². The Morgan fingerprint density at radius 1 is 1.14 bits per heavy atom. The van der Waals surface area contributed by atoms with E-state index in [0.29, 0.717) is 11.5 Å². The highest BCUT2D eigenvalue weighted by molar-refractivity contribution is 5.66. The van der Waals surface area contributed by atoms with Crippen molar-refractivity contribution in [3.63, 3.8) is 0 Å². The molecule has 0 saturated heterocycles. The molecule has 1 N–H and O–H groups in total. The van der Waals surface area contributed by atoms with Crippen LogP contribution < -0.4 is 0 Å². The number of rotatable bonds is 4. The van der Waals surface area contributed by atoms with Gasteiger partial charge < -0.3 is 14.6 Å². The van der Waals surface area contributed by atoms with Crippen molar-refractivity contribution >= 4 is 5.57 Å². The molecule has 1 aromatic rings. The lowest BCUT2D eigenvalue weighted by Crippen LogP contribution is -2.00. The predicted molar refractivity (Wildman–Crippen MR) is 54.5 cm³/mol. The molecule has 14 heavy (non-hydrogen) atoms. The van der Waals surface area contributed by atoms with Gasteiger partial charge in [-0.3, -0.25) is 0 Å². The van der Waals surface area contributed by atoms with E-state index in [9.17, 15) is 5.11 Å². The molecule has 0 aliphatic carbocycles. The highest BCUT2D eigenvalue weighted by Crippen LogP contribution is 2.18. The Bertz CT molecular complexity index is 298. The Morgan fingerprint density at radius 3 is 2.14 bits per heavy atom. The van der Waals surface area contributed by atoms with Gasteiger partial charge in [-0.15, -0.1) is 0 Å². The molecule has 0 heterocycles. The first-order valence-electron chi connectivity index (χ1n) is 4.31. The maximum Gasteiger partial charge on any atom is 0.284 e. The largest absolute Gasteiger partial charge is 0.468 e. The summed E-state index contributed by atoms with van der Waals surface area (Å²) in [6, 6.07) is 9.49. The smallest absolute Gasteiger partial charge is 0.284 e. The van der Waals surface area contributed by atoms with Crippen LogP contribution in [0, 0.1) is 0 Å². The van der Waals surface area contributed by atoms with Crippen LogP contribution in [0.25, 0.3) is 5.57 Å². The normalized spacial score (nSPS) is 9.36. The molecule has 1 rings (SSSR count). The van der Waals surface area contributed by atoms with Gasteiger partial charge in [0, 0.05) is 0 Å². The lowest BCUT2D eigenvalue weighted by Gasteiger charge is -2.10. The maximum atomic E-state index is 9.19. The lowest BCUT2D eigenvalue weighted by atomic mass is 10.1. The van der Waals surface area contributed by atoms with Gasteiger partial charge in [0.05, 0.1) is 26.4 Å². The third-order valence-electron chi connectivity index (χ3n) is 1.90. The number of aliphatic hydroxyl groups is 1. The fourth-order valence-electron chi connectivity index (χ4n) is 1.24. The summed E-state index contributed by atoms with van der Waals surface area (Å²) in [5, 5.41) is 9.19. The number of benzene rings is 1. The topological polar surface area (TPSA) is 38.7 Å². The van der Waals surface area contributed by atoms with Gasteiger partial charge in [0.15, 0.2) is 0 Å². The van der Waals surface area contributed by atoms with Gasteiger partial charge in [0.25, 0.3) is 5.95 Å². The number of ether oxygens (including phenoxy) is 2. The first-order chi connectivity index (χ1) is 6.83. The summed E-state index contributed by atoms with van der Waals surface area (Å²) in [6.45, 7) is -0.110. The van der Waals surface area contributed by atoms with Gasteiger partial charge in [-0.1, -0.05) is 30.3 Å². The van der Waals surface area contributed by atoms with Crippen LogP contribution in [0.5, 0.6) is 0 Å². The SMILES string of the molecule is COC(OC)=C(CO)c1ccccc1. The fraction of sp³-hybridized carbons (Fsp3) is 0.273. The Kier molecular flexibility index (Phi) is 4.01. The standard InChI is InChI=1S/C11H14O3/c1-13-11(14-2)10(8-12)9-6-4-3-5-7-9/h3-7,12H,8H2,1-2H3.